The van der Waals surface area contributed by atoms with E-state index >= 15 is 0 Å². The van der Waals surface area contributed by atoms with Gasteiger partial charge in [-0.15, -0.1) is 0 Å². The summed E-state index contributed by atoms with van der Waals surface area (Å²) in [6.45, 7) is 5.23. The quantitative estimate of drug-likeness (QED) is 0.827. The fraction of sp³-hybridized carbons (Fsp3) is 0.500. The first-order valence-corrected chi connectivity index (χ1v) is 10.6. The molecule has 1 N–H and O–H groups in total. The molecule has 2 aromatic rings. The third-order valence-electron chi connectivity index (χ3n) is 6.24. The second-order valence-electron chi connectivity index (χ2n) is 8.26. The van der Waals surface area contributed by atoms with Gasteiger partial charge in [-0.2, -0.15) is 5.10 Å². The number of aryl methyl sites for hydroxylation is 1. The Morgan fingerprint density at radius 1 is 1.20 bits per heavy atom. The van der Waals surface area contributed by atoms with Gasteiger partial charge in [-0.3, -0.25) is 14.3 Å². The molecule has 30 heavy (non-hydrogen) atoms. The van der Waals surface area contributed by atoms with E-state index in [1.165, 1.54) is 12.5 Å². The summed E-state index contributed by atoms with van der Waals surface area (Å²) in [4.78, 5) is 26.2. The molecule has 8 heteroatoms. The number of benzene rings is 1. The van der Waals surface area contributed by atoms with E-state index in [1.54, 1.807) is 6.07 Å². The lowest BCUT2D eigenvalue weighted by molar-refractivity contribution is -0.118. The molecule has 1 saturated heterocycles. The third-order valence-corrected chi connectivity index (χ3v) is 6.24. The van der Waals surface area contributed by atoms with Gasteiger partial charge in [0.05, 0.1) is 12.2 Å². The van der Waals surface area contributed by atoms with E-state index in [2.05, 4.69) is 11.5 Å². The number of fused-ring (bicyclic) bond motifs is 4. The zero-order chi connectivity index (χ0) is 20.7. The van der Waals surface area contributed by atoms with Gasteiger partial charge >= 0.3 is 0 Å². The molecule has 2 amide bonds. The van der Waals surface area contributed by atoms with Gasteiger partial charge in [0.15, 0.2) is 11.5 Å². The minimum Gasteiger partial charge on any atom is -0.486 e. The standard InChI is InChI=1S/C22H26N4O4/c1-14(27)23-6-7-26-12-17-3-2-16-11-25(13-18(16)21(17)24-26)22(28)15-4-5-19-20(10-15)30-9-8-29-19/h4-5,10,12,16,18H,2-3,6-9,11,13H2,1H3,(H,23,27)/t16-,18+/m1/s1. The molecule has 1 fully saturated rings. The number of hydrogen-bond acceptors (Lipinski definition) is 5. The summed E-state index contributed by atoms with van der Waals surface area (Å²) in [5, 5.41) is 7.62. The smallest absolute Gasteiger partial charge is 0.254 e. The first kappa shape index (κ1) is 19.0. The fourth-order valence-electron chi connectivity index (χ4n) is 4.78. The van der Waals surface area contributed by atoms with Crippen molar-refractivity contribution in [3.8, 4) is 11.5 Å². The molecule has 0 saturated carbocycles. The molecule has 2 aliphatic heterocycles. The lowest BCUT2D eigenvalue weighted by Gasteiger charge is -2.22. The molecule has 0 spiro atoms. The maximum atomic E-state index is 13.2. The summed E-state index contributed by atoms with van der Waals surface area (Å²) in [6, 6.07) is 5.43. The number of ether oxygens (including phenoxy) is 2. The lowest BCUT2D eigenvalue weighted by atomic mass is 9.81. The Labute approximate surface area is 175 Å². The molecule has 5 rings (SSSR count). The number of amides is 2. The van der Waals surface area contributed by atoms with E-state index in [4.69, 9.17) is 14.6 Å². The van der Waals surface area contributed by atoms with Crippen molar-refractivity contribution >= 4 is 11.8 Å². The first-order valence-electron chi connectivity index (χ1n) is 10.6. The van der Waals surface area contributed by atoms with Crippen LogP contribution in [0.3, 0.4) is 0 Å². The Morgan fingerprint density at radius 3 is 2.87 bits per heavy atom. The molecule has 8 nitrogen and oxygen atoms in total. The molecular weight excluding hydrogens is 384 g/mol. The van der Waals surface area contributed by atoms with Gasteiger partial charge in [0.25, 0.3) is 5.91 Å². The zero-order valence-corrected chi connectivity index (χ0v) is 17.1. The number of carbonyl (C=O) groups is 2. The highest BCUT2D eigenvalue weighted by Gasteiger charge is 2.41. The van der Waals surface area contributed by atoms with Crippen molar-refractivity contribution in [1.29, 1.82) is 0 Å². The van der Waals surface area contributed by atoms with Crippen molar-refractivity contribution < 1.29 is 19.1 Å². The van der Waals surface area contributed by atoms with Gasteiger partial charge in [0, 0.05) is 44.2 Å². The van der Waals surface area contributed by atoms with Gasteiger partial charge in [-0.25, -0.2) is 0 Å². The summed E-state index contributed by atoms with van der Waals surface area (Å²) in [5.74, 6) is 2.06. The SMILES string of the molecule is CC(=O)NCCn1cc2c(n1)[C@H]1CN(C(=O)c3ccc4c(c3)OCCO4)C[C@H]1CC2. The van der Waals surface area contributed by atoms with Crippen molar-refractivity contribution in [2.24, 2.45) is 5.92 Å². The van der Waals surface area contributed by atoms with Crippen LogP contribution < -0.4 is 14.8 Å². The number of likely N-dealkylation sites (tertiary alicyclic amines) is 1. The minimum atomic E-state index is -0.0314. The molecule has 1 aliphatic carbocycles. The van der Waals surface area contributed by atoms with Crippen LogP contribution in [-0.2, 0) is 17.8 Å². The van der Waals surface area contributed by atoms with Crippen LogP contribution in [0.4, 0.5) is 0 Å². The van der Waals surface area contributed by atoms with Crippen molar-refractivity contribution in [2.75, 3.05) is 32.8 Å². The van der Waals surface area contributed by atoms with E-state index in [0.29, 0.717) is 55.8 Å². The highest BCUT2D eigenvalue weighted by Crippen LogP contribution is 2.41. The molecule has 3 aliphatic rings. The topological polar surface area (TPSA) is 85.7 Å². The summed E-state index contributed by atoms with van der Waals surface area (Å²) in [7, 11) is 0. The highest BCUT2D eigenvalue weighted by molar-refractivity contribution is 5.95. The molecule has 0 bridgehead atoms. The van der Waals surface area contributed by atoms with Crippen molar-refractivity contribution in [1.82, 2.24) is 20.0 Å². The van der Waals surface area contributed by atoms with Gasteiger partial charge in [-0.1, -0.05) is 0 Å². The molecule has 158 valence electrons. The maximum Gasteiger partial charge on any atom is 0.254 e. The number of nitrogens with one attached hydrogen (secondary N) is 1. The van der Waals surface area contributed by atoms with Crippen LogP contribution in [-0.4, -0.2) is 59.3 Å². The summed E-state index contributed by atoms with van der Waals surface area (Å²) < 4.78 is 13.1. The van der Waals surface area contributed by atoms with Crippen LogP contribution in [0.15, 0.2) is 24.4 Å². The molecule has 1 aromatic carbocycles. The van der Waals surface area contributed by atoms with Crippen LogP contribution in [0.25, 0.3) is 0 Å². The number of rotatable bonds is 4. The zero-order valence-electron chi connectivity index (χ0n) is 17.1. The number of nitrogens with zero attached hydrogens (tertiary/aromatic N) is 3. The Kier molecular flexibility index (Phi) is 4.84. The second kappa shape index (κ2) is 7.66. The van der Waals surface area contributed by atoms with Crippen LogP contribution in [0.1, 0.15) is 40.9 Å². The van der Waals surface area contributed by atoms with Crippen LogP contribution >= 0.6 is 0 Å². The van der Waals surface area contributed by atoms with E-state index in [9.17, 15) is 9.59 Å². The lowest BCUT2D eigenvalue weighted by Crippen LogP contribution is -2.29. The van der Waals surface area contributed by atoms with Crippen LogP contribution in [0.2, 0.25) is 0 Å². The van der Waals surface area contributed by atoms with E-state index in [-0.39, 0.29) is 17.7 Å². The normalized spacial score (nSPS) is 21.7. The number of hydrogen-bond donors (Lipinski definition) is 1. The second-order valence-corrected chi connectivity index (χ2v) is 8.26. The Bertz CT molecular complexity index is 986. The predicted octanol–water partition coefficient (Wildman–Crippen LogP) is 1.59. The Hall–Kier alpha value is -3.03. The molecule has 3 heterocycles. The molecular formula is C22H26N4O4. The average molecular weight is 410 g/mol. The summed E-state index contributed by atoms with van der Waals surface area (Å²) in [6.07, 6.45) is 4.15. The van der Waals surface area contributed by atoms with Gasteiger partial charge in [0.2, 0.25) is 5.91 Å². The largest absolute Gasteiger partial charge is 0.486 e. The summed E-state index contributed by atoms with van der Waals surface area (Å²) >= 11 is 0. The van der Waals surface area contributed by atoms with Gasteiger partial charge in [0.1, 0.15) is 13.2 Å². The number of aromatic nitrogens is 2. The average Bonchev–Trinajstić information content (AvgIpc) is 3.36. The van der Waals surface area contributed by atoms with Gasteiger partial charge in [-0.05, 0) is 42.5 Å². The van der Waals surface area contributed by atoms with Crippen molar-refractivity contribution in [2.45, 2.75) is 32.2 Å². The van der Waals surface area contributed by atoms with E-state index < -0.39 is 0 Å². The molecule has 0 radical (unpaired) electrons. The molecule has 2 atom stereocenters. The van der Waals surface area contributed by atoms with Crippen LogP contribution in [0.5, 0.6) is 11.5 Å². The van der Waals surface area contributed by atoms with Gasteiger partial charge < -0.3 is 19.7 Å². The minimum absolute atomic E-state index is 0.0314. The Balaban J connectivity index is 1.29. The van der Waals surface area contributed by atoms with Crippen molar-refractivity contribution in [3.05, 3.63) is 41.2 Å². The van der Waals surface area contributed by atoms with E-state index in [0.717, 1.165) is 25.1 Å². The highest BCUT2D eigenvalue weighted by atomic mass is 16.6. The monoisotopic (exact) mass is 410 g/mol. The maximum absolute atomic E-state index is 13.2. The number of carbonyl (C=O) groups excluding carboxylic acids is 2. The first-order chi connectivity index (χ1) is 14.6. The van der Waals surface area contributed by atoms with Crippen LogP contribution in [0, 0.1) is 5.92 Å². The third kappa shape index (κ3) is 3.51. The fourth-order valence-corrected chi connectivity index (χ4v) is 4.78. The Morgan fingerprint density at radius 2 is 2.03 bits per heavy atom. The predicted molar refractivity (Wildman–Crippen MR) is 109 cm³/mol. The molecule has 1 aromatic heterocycles. The van der Waals surface area contributed by atoms with E-state index in [1.807, 2.05) is 21.7 Å². The molecule has 0 unspecified atom stereocenters. The van der Waals surface area contributed by atoms with Crippen molar-refractivity contribution in [3.63, 3.8) is 0 Å². The summed E-state index contributed by atoms with van der Waals surface area (Å²) in [5.41, 5.74) is 3.03.